The van der Waals surface area contributed by atoms with Crippen molar-refractivity contribution in [1.82, 2.24) is 15.2 Å². The van der Waals surface area contributed by atoms with E-state index in [4.69, 9.17) is 4.74 Å². The van der Waals surface area contributed by atoms with Crippen molar-refractivity contribution in [3.63, 3.8) is 0 Å². The molecule has 1 aromatic heterocycles. The van der Waals surface area contributed by atoms with E-state index in [1.54, 1.807) is 41.6 Å². The standard InChI is InChI=1S/C20H24N4O3/c1-15-14-21-7-6-18(15)22-8-9-23-19(25)16-2-4-17(5-3-16)20(26)24-10-12-27-13-11-24/h2-7,14H,8-13H2,1H3,(H,21,22)(H,23,25). The lowest BCUT2D eigenvalue weighted by Crippen LogP contribution is -2.40. The maximum atomic E-state index is 12.4. The Morgan fingerprint density at radius 2 is 1.78 bits per heavy atom. The van der Waals surface area contributed by atoms with Gasteiger partial charge in [-0.15, -0.1) is 0 Å². The molecular formula is C20H24N4O3. The van der Waals surface area contributed by atoms with Crippen molar-refractivity contribution < 1.29 is 14.3 Å². The Labute approximate surface area is 158 Å². The molecule has 3 rings (SSSR count). The first-order chi connectivity index (χ1) is 13.1. The molecule has 2 amide bonds. The summed E-state index contributed by atoms with van der Waals surface area (Å²) in [6.07, 6.45) is 3.52. The number of anilines is 1. The number of nitrogens with one attached hydrogen (secondary N) is 2. The number of rotatable bonds is 6. The van der Waals surface area contributed by atoms with Gasteiger partial charge in [-0.1, -0.05) is 0 Å². The van der Waals surface area contributed by atoms with Crippen molar-refractivity contribution in [2.24, 2.45) is 0 Å². The minimum absolute atomic E-state index is 0.0258. The molecule has 142 valence electrons. The van der Waals surface area contributed by atoms with E-state index in [1.165, 1.54) is 0 Å². The van der Waals surface area contributed by atoms with Crippen molar-refractivity contribution in [1.29, 1.82) is 0 Å². The number of hydrogen-bond donors (Lipinski definition) is 2. The average Bonchev–Trinajstić information content (AvgIpc) is 2.72. The van der Waals surface area contributed by atoms with Crippen LogP contribution in [0.2, 0.25) is 0 Å². The summed E-state index contributed by atoms with van der Waals surface area (Å²) in [5, 5.41) is 6.14. The number of hydrogen-bond acceptors (Lipinski definition) is 5. The van der Waals surface area contributed by atoms with Gasteiger partial charge in [-0.2, -0.15) is 0 Å². The molecule has 1 aliphatic heterocycles. The van der Waals surface area contributed by atoms with Gasteiger partial charge in [0.2, 0.25) is 0 Å². The molecule has 2 N–H and O–H groups in total. The van der Waals surface area contributed by atoms with E-state index in [9.17, 15) is 9.59 Å². The molecule has 0 radical (unpaired) electrons. The average molecular weight is 368 g/mol. The summed E-state index contributed by atoms with van der Waals surface area (Å²) in [5.74, 6) is -0.184. The lowest BCUT2D eigenvalue weighted by atomic mass is 10.1. The zero-order valence-electron chi connectivity index (χ0n) is 15.4. The summed E-state index contributed by atoms with van der Waals surface area (Å²) in [6, 6.07) is 8.67. The molecule has 0 spiro atoms. The highest BCUT2D eigenvalue weighted by Crippen LogP contribution is 2.11. The topological polar surface area (TPSA) is 83.6 Å². The van der Waals surface area contributed by atoms with Crippen LogP contribution < -0.4 is 10.6 Å². The van der Waals surface area contributed by atoms with E-state index in [-0.39, 0.29) is 11.8 Å². The van der Waals surface area contributed by atoms with Gasteiger partial charge in [0.15, 0.2) is 0 Å². The van der Waals surface area contributed by atoms with Gasteiger partial charge in [0.1, 0.15) is 0 Å². The number of pyridine rings is 1. The number of nitrogens with zero attached hydrogens (tertiary/aromatic N) is 2. The molecule has 0 unspecified atom stereocenters. The van der Waals surface area contributed by atoms with E-state index in [1.807, 2.05) is 13.0 Å². The molecule has 1 saturated heterocycles. The highest BCUT2D eigenvalue weighted by atomic mass is 16.5. The molecule has 27 heavy (non-hydrogen) atoms. The fraction of sp³-hybridized carbons (Fsp3) is 0.350. The fourth-order valence-electron chi connectivity index (χ4n) is 2.86. The van der Waals surface area contributed by atoms with E-state index >= 15 is 0 Å². The maximum Gasteiger partial charge on any atom is 0.254 e. The molecule has 1 aromatic carbocycles. The number of ether oxygens (including phenoxy) is 1. The zero-order valence-corrected chi connectivity index (χ0v) is 15.4. The molecule has 1 aliphatic rings. The summed E-state index contributed by atoms with van der Waals surface area (Å²) in [4.78, 5) is 30.5. The van der Waals surface area contributed by atoms with Crippen LogP contribution in [0.4, 0.5) is 5.69 Å². The predicted molar refractivity (Wildman–Crippen MR) is 103 cm³/mol. The SMILES string of the molecule is Cc1cnccc1NCCNC(=O)c1ccc(C(=O)N2CCOCC2)cc1. The Balaban J connectivity index is 1.47. The second-order valence-corrected chi connectivity index (χ2v) is 6.36. The zero-order chi connectivity index (χ0) is 19.1. The monoisotopic (exact) mass is 368 g/mol. The Kier molecular flexibility index (Phi) is 6.38. The van der Waals surface area contributed by atoms with Crippen LogP contribution in [0.25, 0.3) is 0 Å². The van der Waals surface area contributed by atoms with Gasteiger partial charge < -0.3 is 20.3 Å². The summed E-state index contributed by atoms with van der Waals surface area (Å²) < 4.78 is 5.26. The molecular weight excluding hydrogens is 344 g/mol. The predicted octanol–water partition coefficient (Wildman–Crippen LogP) is 1.70. The third kappa shape index (κ3) is 5.04. The molecule has 0 saturated carbocycles. The molecule has 2 aromatic rings. The minimum atomic E-state index is -0.159. The number of benzene rings is 1. The molecule has 0 bridgehead atoms. The number of morpholine rings is 1. The third-order valence-electron chi connectivity index (χ3n) is 4.44. The molecule has 0 aliphatic carbocycles. The first-order valence-electron chi connectivity index (χ1n) is 9.05. The van der Waals surface area contributed by atoms with Crippen molar-refractivity contribution in [2.75, 3.05) is 44.7 Å². The number of carbonyl (C=O) groups is 2. The summed E-state index contributed by atoms with van der Waals surface area (Å²) in [7, 11) is 0. The quantitative estimate of drug-likeness (QED) is 0.759. The molecule has 0 atom stereocenters. The second kappa shape index (κ2) is 9.14. The maximum absolute atomic E-state index is 12.4. The van der Waals surface area contributed by atoms with Crippen molar-refractivity contribution in [3.8, 4) is 0 Å². The van der Waals surface area contributed by atoms with Crippen LogP contribution in [0.1, 0.15) is 26.3 Å². The number of aromatic nitrogens is 1. The van der Waals surface area contributed by atoms with Gasteiger partial charge in [0, 0.05) is 55.4 Å². The smallest absolute Gasteiger partial charge is 0.254 e. The summed E-state index contributed by atoms with van der Waals surface area (Å²) in [6.45, 7) is 5.43. The Bertz CT molecular complexity index is 786. The minimum Gasteiger partial charge on any atom is -0.383 e. The van der Waals surface area contributed by atoms with Crippen molar-refractivity contribution in [3.05, 3.63) is 59.4 Å². The summed E-state index contributed by atoms with van der Waals surface area (Å²) in [5.41, 5.74) is 3.19. The molecule has 2 heterocycles. The molecule has 1 fully saturated rings. The third-order valence-corrected chi connectivity index (χ3v) is 4.44. The lowest BCUT2D eigenvalue weighted by molar-refractivity contribution is 0.0303. The van der Waals surface area contributed by atoms with Gasteiger partial charge in [-0.25, -0.2) is 0 Å². The molecule has 7 nitrogen and oxygen atoms in total. The van der Waals surface area contributed by atoms with Gasteiger partial charge >= 0.3 is 0 Å². The first-order valence-corrected chi connectivity index (χ1v) is 9.05. The molecule has 7 heteroatoms. The van der Waals surface area contributed by atoms with Crippen LogP contribution in [-0.4, -0.2) is 61.1 Å². The van der Waals surface area contributed by atoms with E-state index < -0.39 is 0 Å². The normalized spacial score (nSPS) is 13.9. The van der Waals surface area contributed by atoms with Crippen LogP contribution in [0.3, 0.4) is 0 Å². The highest BCUT2D eigenvalue weighted by Gasteiger charge is 2.18. The van der Waals surface area contributed by atoms with Crippen molar-refractivity contribution in [2.45, 2.75) is 6.92 Å². The Morgan fingerprint density at radius 1 is 1.07 bits per heavy atom. The largest absolute Gasteiger partial charge is 0.383 e. The van der Waals surface area contributed by atoms with E-state index in [2.05, 4.69) is 15.6 Å². The number of aryl methyl sites for hydroxylation is 1. The number of amides is 2. The first kappa shape index (κ1) is 18.8. The highest BCUT2D eigenvalue weighted by molar-refractivity contribution is 5.97. The number of carbonyl (C=O) groups excluding carboxylic acids is 2. The van der Waals surface area contributed by atoms with E-state index in [0.29, 0.717) is 50.5 Å². The Morgan fingerprint density at radius 3 is 2.48 bits per heavy atom. The second-order valence-electron chi connectivity index (χ2n) is 6.36. The Hall–Kier alpha value is -2.93. The van der Waals surface area contributed by atoms with Crippen LogP contribution >= 0.6 is 0 Å². The van der Waals surface area contributed by atoms with Gasteiger partial charge in [0.25, 0.3) is 11.8 Å². The lowest BCUT2D eigenvalue weighted by Gasteiger charge is -2.26. The van der Waals surface area contributed by atoms with Crippen LogP contribution in [0.5, 0.6) is 0 Å². The van der Waals surface area contributed by atoms with Crippen molar-refractivity contribution >= 4 is 17.5 Å². The van der Waals surface area contributed by atoms with Crippen LogP contribution in [0, 0.1) is 6.92 Å². The van der Waals surface area contributed by atoms with Crippen LogP contribution in [-0.2, 0) is 4.74 Å². The van der Waals surface area contributed by atoms with Gasteiger partial charge in [-0.05, 0) is 42.8 Å². The fourth-order valence-corrected chi connectivity index (χ4v) is 2.86. The van der Waals surface area contributed by atoms with Gasteiger partial charge in [0.05, 0.1) is 13.2 Å². The summed E-state index contributed by atoms with van der Waals surface area (Å²) >= 11 is 0. The van der Waals surface area contributed by atoms with Crippen LogP contribution in [0.15, 0.2) is 42.7 Å². The van der Waals surface area contributed by atoms with E-state index in [0.717, 1.165) is 11.3 Å². The van der Waals surface area contributed by atoms with Gasteiger partial charge in [-0.3, -0.25) is 14.6 Å².